The van der Waals surface area contributed by atoms with Gasteiger partial charge in [0.1, 0.15) is 24.4 Å². The Morgan fingerprint density at radius 3 is 2.28 bits per heavy atom. The molecule has 0 radical (unpaired) electrons. The quantitative estimate of drug-likeness (QED) is 0.296. The highest BCUT2D eigenvalue weighted by Gasteiger charge is 2.52. The van der Waals surface area contributed by atoms with Gasteiger partial charge in [-0.25, -0.2) is 0 Å². The molecule has 0 amide bonds. The molecule has 5 N–H and O–H groups in total. The van der Waals surface area contributed by atoms with Crippen molar-refractivity contribution < 1.29 is 35.0 Å². The van der Waals surface area contributed by atoms with Gasteiger partial charge in [0.2, 0.25) is 0 Å². The highest BCUT2D eigenvalue weighted by Crippen LogP contribution is 2.36. The monoisotopic (exact) mass is 364 g/mol. The van der Waals surface area contributed by atoms with E-state index < -0.39 is 42.5 Å². The second-order valence-electron chi connectivity index (χ2n) is 7.38. The molecule has 6 atom stereocenters. The highest BCUT2D eigenvalue weighted by molar-refractivity contribution is 5.00. The predicted octanol–water partition coefficient (Wildman–Crippen LogP) is 0.204. The molecule has 1 saturated heterocycles. The van der Waals surface area contributed by atoms with Crippen molar-refractivity contribution in [2.45, 2.75) is 82.9 Å². The van der Waals surface area contributed by atoms with Crippen molar-refractivity contribution in [1.29, 1.82) is 0 Å². The lowest BCUT2D eigenvalue weighted by Crippen LogP contribution is -2.47. The molecule has 0 aromatic rings. The van der Waals surface area contributed by atoms with Gasteiger partial charge in [0, 0.05) is 12.0 Å². The standard InChI is InChI=1S/C18H36O7/c1-3-4-5-6-7-8-9-24-12-18(2,11-20)17-15(23)14(22)16(25-17)13(21)10-19/h13-17,19-23H,3-12H2,1-2H3/t13-,14?,15?,16-,17-,18?/m1/s1. The topological polar surface area (TPSA) is 120 Å². The molecule has 1 rings (SSSR count). The Morgan fingerprint density at radius 1 is 1.04 bits per heavy atom. The third kappa shape index (κ3) is 6.43. The average molecular weight is 364 g/mol. The van der Waals surface area contributed by atoms with Gasteiger partial charge in [0.05, 0.1) is 25.9 Å². The van der Waals surface area contributed by atoms with E-state index in [-0.39, 0.29) is 13.2 Å². The molecule has 0 aromatic heterocycles. The van der Waals surface area contributed by atoms with E-state index in [1.165, 1.54) is 25.7 Å². The summed E-state index contributed by atoms with van der Waals surface area (Å²) < 4.78 is 11.2. The van der Waals surface area contributed by atoms with Gasteiger partial charge in [0.25, 0.3) is 0 Å². The van der Waals surface area contributed by atoms with E-state index in [1.54, 1.807) is 6.92 Å². The molecule has 3 unspecified atom stereocenters. The summed E-state index contributed by atoms with van der Waals surface area (Å²) in [5.41, 5.74) is -0.910. The van der Waals surface area contributed by atoms with Crippen LogP contribution in [0.1, 0.15) is 52.4 Å². The fraction of sp³-hybridized carbons (Fsp3) is 1.00. The van der Waals surface area contributed by atoms with Gasteiger partial charge in [-0.15, -0.1) is 0 Å². The number of aliphatic hydroxyl groups excluding tert-OH is 5. The minimum atomic E-state index is -1.32. The van der Waals surface area contributed by atoms with Gasteiger partial charge in [-0.2, -0.15) is 0 Å². The van der Waals surface area contributed by atoms with Crippen molar-refractivity contribution in [3.05, 3.63) is 0 Å². The van der Waals surface area contributed by atoms with Crippen molar-refractivity contribution >= 4 is 0 Å². The predicted molar refractivity (Wildman–Crippen MR) is 93.2 cm³/mol. The number of ether oxygens (including phenoxy) is 2. The summed E-state index contributed by atoms with van der Waals surface area (Å²) in [4.78, 5) is 0. The Morgan fingerprint density at radius 2 is 1.68 bits per heavy atom. The van der Waals surface area contributed by atoms with Crippen molar-refractivity contribution in [2.75, 3.05) is 26.4 Å². The average Bonchev–Trinajstić information content (AvgIpc) is 2.92. The summed E-state index contributed by atoms with van der Waals surface area (Å²) in [7, 11) is 0. The van der Waals surface area contributed by atoms with Crippen molar-refractivity contribution in [2.24, 2.45) is 5.41 Å². The molecule has 0 saturated carbocycles. The molecule has 1 aliphatic rings. The maximum Gasteiger partial charge on any atom is 0.115 e. The zero-order chi connectivity index (χ0) is 18.9. The maximum atomic E-state index is 10.2. The van der Waals surface area contributed by atoms with Gasteiger partial charge in [-0.05, 0) is 6.42 Å². The molecule has 7 nitrogen and oxygen atoms in total. The van der Waals surface area contributed by atoms with Crippen molar-refractivity contribution in [3.63, 3.8) is 0 Å². The number of aliphatic hydroxyl groups is 5. The third-order valence-corrected chi connectivity index (χ3v) is 4.99. The first-order valence-corrected chi connectivity index (χ1v) is 9.40. The zero-order valence-electron chi connectivity index (χ0n) is 15.5. The molecule has 0 spiro atoms. The van der Waals surface area contributed by atoms with Crippen LogP contribution in [0.5, 0.6) is 0 Å². The summed E-state index contributed by atoms with van der Waals surface area (Å²) >= 11 is 0. The molecular formula is C18H36O7. The van der Waals surface area contributed by atoms with Crippen LogP contribution in [-0.2, 0) is 9.47 Å². The van der Waals surface area contributed by atoms with E-state index in [9.17, 15) is 20.4 Å². The van der Waals surface area contributed by atoms with E-state index in [1.807, 2.05) is 0 Å². The van der Waals surface area contributed by atoms with E-state index in [0.717, 1.165) is 12.8 Å². The number of hydrogen-bond donors (Lipinski definition) is 5. The molecular weight excluding hydrogens is 328 g/mol. The van der Waals surface area contributed by atoms with Gasteiger partial charge in [-0.3, -0.25) is 0 Å². The SMILES string of the molecule is CCCCCCCCOCC(C)(CO)[C@@H]1O[C@H]([C@H](O)CO)C(O)C1O. The summed E-state index contributed by atoms with van der Waals surface area (Å²) in [5, 5.41) is 48.8. The van der Waals surface area contributed by atoms with Crippen LogP contribution >= 0.6 is 0 Å². The zero-order valence-corrected chi connectivity index (χ0v) is 15.5. The van der Waals surface area contributed by atoms with Crippen molar-refractivity contribution in [3.8, 4) is 0 Å². The summed E-state index contributed by atoms with van der Waals surface area (Å²) in [6.07, 6.45) is 1.08. The van der Waals surface area contributed by atoms with Gasteiger partial charge in [-0.1, -0.05) is 46.0 Å². The number of hydrogen-bond acceptors (Lipinski definition) is 7. The molecule has 1 aliphatic heterocycles. The first-order valence-electron chi connectivity index (χ1n) is 9.40. The minimum Gasteiger partial charge on any atom is -0.396 e. The van der Waals surface area contributed by atoms with Crippen LogP contribution in [0.25, 0.3) is 0 Å². The van der Waals surface area contributed by atoms with Crippen LogP contribution in [0, 0.1) is 5.41 Å². The summed E-state index contributed by atoms with van der Waals surface area (Å²) in [6, 6.07) is 0. The van der Waals surface area contributed by atoms with Gasteiger partial charge >= 0.3 is 0 Å². The second kappa shape index (κ2) is 11.4. The normalized spacial score (nSPS) is 30.4. The maximum absolute atomic E-state index is 10.2. The number of unbranched alkanes of at least 4 members (excludes halogenated alkanes) is 5. The summed E-state index contributed by atoms with van der Waals surface area (Å²) in [6.45, 7) is 3.76. The molecule has 25 heavy (non-hydrogen) atoms. The Labute approximate surface area is 150 Å². The van der Waals surface area contributed by atoms with Crippen LogP contribution in [0.3, 0.4) is 0 Å². The molecule has 150 valence electrons. The number of rotatable bonds is 13. The molecule has 0 aromatic carbocycles. The van der Waals surface area contributed by atoms with E-state index >= 15 is 0 Å². The molecule has 0 bridgehead atoms. The van der Waals surface area contributed by atoms with Crippen LogP contribution in [0.15, 0.2) is 0 Å². The third-order valence-electron chi connectivity index (χ3n) is 4.99. The fourth-order valence-electron chi connectivity index (χ4n) is 3.21. The first-order chi connectivity index (χ1) is 11.9. The molecule has 7 heteroatoms. The Bertz CT molecular complexity index is 354. The lowest BCUT2D eigenvalue weighted by Gasteiger charge is -2.34. The molecule has 1 heterocycles. The lowest BCUT2D eigenvalue weighted by molar-refractivity contribution is -0.136. The smallest absolute Gasteiger partial charge is 0.115 e. The van der Waals surface area contributed by atoms with Crippen LogP contribution in [-0.4, -0.2) is 82.5 Å². The lowest BCUT2D eigenvalue weighted by atomic mass is 9.82. The Kier molecular flexibility index (Phi) is 10.4. The van der Waals surface area contributed by atoms with E-state index in [4.69, 9.17) is 14.6 Å². The van der Waals surface area contributed by atoms with Crippen LogP contribution in [0.2, 0.25) is 0 Å². The van der Waals surface area contributed by atoms with Crippen LogP contribution in [0.4, 0.5) is 0 Å². The summed E-state index contributed by atoms with van der Waals surface area (Å²) in [5.74, 6) is 0. The molecule has 1 fully saturated rings. The van der Waals surface area contributed by atoms with Gasteiger partial charge in [0.15, 0.2) is 0 Å². The Balaban J connectivity index is 2.44. The molecule has 0 aliphatic carbocycles. The Hall–Kier alpha value is -0.280. The first kappa shape index (κ1) is 22.8. The highest BCUT2D eigenvalue weighted by atomic mass is 16.6. The minimum absolute atomic E-state index is 0.175. The van der Waals surface area contributed by atoms with E-state index in [0.29, 0.717) is 6.61 Å². The fourth-order valence-corrected chi connectivity index (χ4v) is 3.21. The van der Waals surface area contributed by atoms with Crippen molar-refractivity contribution in [1.82, 2.24) is 0 Å². The van der Waals surface area contributed by atoms with Crippen LogP contribution < -0.4 is 0 Å². The largest absolute Gasteiger partial charge is 0.396 e. The van der Waals surface area contributed by atoms with E-state index in [2.05, 4.69) is 6.92 Å². The second-order valence-corrected chi connectivity index (χ2v) is 7.38. The van der Waals surface area contributed by atoms with Gasteiger partial charge < -0.3 is 35.0 Å².